The highest BCUT2D eigenvalue weighted by Gasteiger charge is 2.39. The van der Waals surface area contributed by atoms with E-state index in [-0.39, 0.29) is 18.4 Å². The molecule has 2 aromatic rings. The van der Waals surface area contributed by atoms with E-state index in [1.54, 1.807) is 6.07 Å². The third-order valence-corrected chi connectivity index (χ3v) is 5.33. The SMILES string of the molecule is CC(C)C[C@H]1NC(=O)N(CC(=O)Nc2ccccc2Sc2ccccc2)C1=O. The number of rotatable bonds is 7. The zero-order valence-electron chi connectivity index (χ0n) is 15.8. The van der Waals surface area contributed by atoms with E-state index in [1.165, 1.54) is 11.8 Å². The van der Waals surface area contributed by atoms with Crippen LogP contribution in [0.5, 0.6) is 0 Å². The first-order valence-electron chi connectivity index (χ1n) is 9.17. The van der Waals surface area contributed by atoms with Gasteiger partial charge in [0.05, 0.1) is 5.69 Å². The van der Waals surface area contributed by atoms with Crippen LogP contribution in [0.1, 0.15) is 20.3 Å². The summed E-state index contributed by atoms with van der Waals surface area (Å²) in [5.41, 5.74) is 0.645. The zero-order valence-corrected chi connectivity index (χ0v) is 16.7. The molecule has 1 aliphatic rings. The number of hydrogen-bond acceptors (Lipinski definition) is 4. The molecular formula is C21H23N3O3S. The Kier molecular flexibility index (Phi) is 6.36. The van der Waals surface area contributed by atoms with E-state index < -0.39 is 18.0 Å². The molecule has 0 radical (unpaired) electrons. The molecule has 4 amide bonds. The molecule has 2 N–H and O–H groups in total. The van der Waals surface area contributed by atoms with Gasteiger partial charge in [-0.05, 0) is 36.6 Å². The van der Waals surface area contributed by atoms with Gasteiger partial charge in [0.2, 0.25) is 5.91 Å². The molecule has 0 aliphatic carbocycles. The summed E-state index contributed by atoms with van der Waals surface area (Å²) in [7, 11) is 0. The number of carbonyl (C=O) groups excluding carboxylic acids is 3. The summed E-state index contributed by atoms with van der Waals surface area (Å²) in [5.74, 6) is -0.486. The maximum Gasteiger partial charge on any atom is 0.325 e. The molecule has 146 valence electrons. The van der Waals surface area contributed by atoms with Crippen molar-refractivity contribution in [3.05, 3.63) is 54.6 Å². The maximum absolute atomic E-state index is 12.5. The minimum Gasteiger partial charge on any atom is -0.326 e. The Bertz CT molecular complexity index is 870. The highest BCUT2D eigenvalue weighted by atomic mass is 32.2. The zero-order chi connectivity index (χ0) is 20.1. The summed E-state index contributed by atoms with van der Waals surface area (Å²) in [6.45, 7) is 3.66. The van der Waals surface area contributed by atoms with Gasteiger partial charge in [0.25, 0.3) is 5.91 Å². The molecule has 2 aromatic carbocycles. The van der Waals surface area contributed by atoms with Crippen molar-refractivity contribution in [3.63, 3.8) is 0 Å². The molecule has 3 rings (SSSR count). The van der Waals surface area contributed by atoms with Crippen LogP contribution in [0.15, 0.2) is 64.4 Å². The number of carbonyl (C=O) groups is 3. The first kappa shape index (κ1) is 19.9. The van der Waals surface area contributed by atoms with Gasteiger partial charge in [-0.15, -0.1) is 0 Å². The molecule has 1 fully saturated rings. The third-order valence-electron chi connectivity index (χ3n) is 4.25. The van der Waals surface area contributed by atoms with Gasteiger partial charge in [0.15, 0.2) is 0 Å². The molecule has 0 aromatic heterocycles. The van der Waals surface area contributed by atoms with Crippen LogP contribution < -0.4 is 10.6 Å². The number of urea groups is 1. The predicted octanol–water partition coefficient (Wildman–Crippen LogP) is 3.74. The van der Waals surface area contributed by atoms with Gasteiger partial charge in [0, 0.05) is 9.79 Å². The quantitative estimate of drug-likeness (QED) is 0.698. The summed E-state index contributed by atoms with van der Waals surface area (Å²) in [4.78, 5) is 39.9. The van der Waals surface area contributed by atoms with Crippen molar-refractivity contribution >= 4 is 35.3 Å². The van der Waals surface area contributed by atoms with Crippen molar-refractivity contribution in [2.75, 3.05) is 11.9 Å². The van der Waals surface area contributed by atoms with Gasteiger partial charge in [-0.2, -0.15) is 0 Å². The summed E-state index contributed by atoms with van der Waals surface area (Å²) in [6.07, 6.45) is 0.555. The number of amides is 4. The van der Waals surface area contributed by atoms with Gasteiger partial charge in [-0.3, -0.25) is 14.5 Å². The van der Waals surface area contributed by atoms with Crippen LogP contribution in [0.2, 0.25) is 0 Å². The molecule has 1 atom stereocenters. The fourth-order valence-corrected chi connectivity index (χ4v) is 3.89. The number of nitrogens with zero attached hydrogens (tertiary/aromatic N) is 1. The number of benzene rings is 2. The van der Waals surface area contributed by atoms with E-state index in [9.17, 15) is 14.4 Å². The van der Waals surface area contributed by atoms with Crippen LogP contribution in [-0.4, -0.2) is 35.3 Å². The lowest BCUT2D eigenvalue weighted by Crippen LogP contribution is -2.38. The minimum atomic E-state index is -0.554. The Morgan fingerprint density at radius 2 is 1.79 bits per heavy atom. The van der Waals surface area contributed by atoms with Crippen molar-refractivity contribution < 1.29 is 14.4 Å². The smallest absolute Gasteiger partial charge is 0.325 e. The predicted molar refractivity (Wildman–Crippen MR) is 109 cm³/mol. The Morgan fingerprint density at radius 3 is 2.50 bits per heavy atom. The summed E-state index contributed by atoms with van der Waals surface area (Å²) in [5, 5.41) is 5.47. The van der Waals surface area contributed by atoms with E-state index in [2.05, 4.69) is 10.6 Å². The number of anilines is 1. The summed E-state index contributed by atoms with van der Waals surface area (Å²) >= 11 is 1.53. The molecule has 1 aliphatic heterocycles. The second-order valence-electron chi connectivity index (χ2n) is 7.02. The topological polar surface area (TPSA) is 78.5 Å². The van der Waals surface area contributed by atoms with E-state index in [0.717, 1.165) is 14.7 Å². The molecule has 1 saturated heterocycles. The Hall–Kier alpha value is -2.80. The van der Waals surface area contributed by atoms with Gasteiger partial charge in [-0.1, -0.05) is 55.9 Å². The molecule has 0 spiro atoms. The number of nitrogens with one attached hydrogen (secondary N) is 2. The van der Waals surface area contributed by atoms with Crippen molar-refractivity contribution in [1.29, 1.82) is 0 Å². The van der Waals surface area contributed by atoms with Crippen molar-refractivity contribution in [2.24, 2.45) is 5.92 Å². The molecule has 6 nitrogen and oxygen atoms in total. The monoisotopic (exact) mass is 397 g/mol. The lowest BCUT2D eigenvalue weighted by Gasteiger charge is -2.15. The van der Waals surface area contributed by atoms with Crippen LogP contribution in [0, 0.1) is 5.92 Å². The minimum absolute atomic E-state index is 0.268. The third kappa shape index (κ3) is 4.92. The fourth-order valence-electron chi connectivity index (χ4n) is 2.97. The maximum atomic E-state index is 12.5. The van der Waals surface area contributed by atoms with E-state index in [4.69, 9.17) is 0 Å². The standard InChI is InChI=1S/C21H23N3O3S/c1-14(2)12-17-20(26)24(21(27)23-17)13-19(25)22-16-10-6-7-11-18(16)28-15-8-4-3-5-9-15/h3-11,14,17H,12-13H2,1-2H3,(H,22,25)(H,23,27)/t17-/m1/s1. The fraction of sp³-hybridized carbons (Fsp3) is 0.286. The average molecular weight is 398 g/mol. The summed E-state index contributed by atoms with van der Waals surface area (Å²) in [6, 6.07) is 16.2. The number of para-hydroxylation sites is 1. The lowest BCUT2D eigenvalue weighted by molar-refractivity contribution is -0.131. The second kappa shape index (κ2) is 8.93. The Morgan fingerprint density at radius 1 is 1.11 bits per heavy atom. The van der Waals surface area contributed by atoms with Gasteiger partial charge in [0.1, 0.15) is 12.6 Å². The number of hydrogen-bond donors (Lipinski definition) is 2. The van der Waals surface area contributed by atoms with Crippen LogP contribution in [0.25, 0.3) is 0 Å². The molecule has 0 saturated carbocycles. The highest BCUT2D eigenvalue weighted by Crippen LogP contribution is 2.33. The van der Waals surface area contributed by atoms with E-state index >= 15 is 0 Å². The molecule has 28 heavy (non-hydrogen) atoms. The van der Waals surface area contributed by atoms with Crippen molar-refractivity contribution in [3.8, 4) is 0 Å². The first-order chi connectivity index (χ1) is 13.4. The number of imide groups is 1. The molecule has 1 heterocycles. The van der Waals surface area contributed by atoms with Crippen molar-refractivity contribution in [2.45, 2.75) is 36.1 Å². The van der Waals surface area contributed by atoms with Gasteiger partial charge in [-0.25, -0.2) is 4.79 Å². The van der Waals surface area contributed by atoms with Gasteiger partial charge < -0.3 is 10.6 Å². The van der Waals surface area contributed by atoms with Crippen LogP contribution in [0.4, 0.5) is 10.5 Å². The van der Waals surface area contributed by atoms with Crippen LogP contribution >= 0.6 is 11.8 Å². The van der Waals surface area contributed by atoms with Crippen LogP contribution in [0.3, 0.4) is 0 Å². The highest BCUT2D eigenvalue weighted by molar-refractivity contribution is 7.99. The normalized spacial score (nSPS) is 16.4. The van der Waals surface area contributed by atoms with Crippen molar-refractivity contribution in [1.82, 2.24) is 10.2 Å². The molecular weight excluding hydrogens is 374 g/mol. The Labute approximate surface area is 168 Å². The second-order valence-corrected chi connectivity index (χ2v) is 8.13. The lowest BCUT2D eigenvalue weighted by atomic mass is 10.0. The molecule has 0 unspecified atom stereocenters. The van der Waals surface area contributed by atoms with E-state index in [1.807, 2.05) is 62.4 Å². The first-order valence-corrected chi connectivity index (χ1v) is 9.99. The van der Waals surface area contributed by atoms with Crippen LogP contribution in [-0.2, 0) is 9.59 Å². The van der Waals surface area contributed by atoms with E-state index in [0.29, 0.717) is 12.1 Å². The van der Waals surface area contributed by atoms with Gasteiger partial charge >= 0.3 is 6.03 Å². The molecule has 0 bridgehead atoms. The largest absolute Gasteiger partial charge is 0.326 e. The average Bonchev–Trinajstić information content (AvgIpc) is 2.91. The molecule has 7 heteroatoms. The Balaban J connectivity index is 1.66. The summed E-state index contributed by atoms with van der Waals surface area (Å²) < 4.78 is 0.